The Morgan fingerprint density at radius 2 is 1.71 bits per heavy atom. The van der Waals surface area contributed by atoms with Crippen LogP contribution in [0.5, 0.6) is 5.75 Å². The van der Waals surface area contributed by atoms with E-state index < -0.39 is 28.5 Å². The molecule has 0 radical (unpaired) electrons. The number of ether oxygens (including phenoxy) is 2. The van der Waals surface area contributed by atoms with Gasteiger partial charge in [0.25, 0.3) is 5.91 Å². The van der Waals surface area contributed by atoms with Crippen molar-refractivity contribution in [1.82, 2.24) is 4.31 Å². The molecule has 0 bridgehead atoms. The molecule has 1 heterocycles. The summed E-state index contributed by atoms with van der Waals surface area (Å²) in [4.78, 5) is 23.9. The summed E-state index contributed by atoms with van der Waals surface area (Å²) >= 11 is 5.83. The first kappa shape index (κ1) is 23.1. The number of carbonyl (C=O) groups is 2. The number of sulfonamides is 1. The predicted octanol–water partition coefficient (Wildman–Crippen LogP) is 3.08. The highest BCUT2D eigenvalue weighted by Gasteiger charge is 2.25. The van der Waals surface area contributed by atoms with Crippen molar-refractivity contribution < 1.29 is 27.5 Å². The Bertz CT molecular complexity index is 1020. The van der Waals surface area contributed by atoms with Crippen molar-refractivity contribution in [2.24, 2.45) is 0 Å². The lowest BCUT2D eigenvalue weighted by Crippen LogP contribution is -2.35. The fourth-order valence-electron chi connectivity index (χ4n) is 3.05. The molecule has 166 valence electrons. The third-order valence-corrected chi connectivity index (χ3v) is 6.76. The smallest absolute Gasteiger partial charge is 0.344 e. The summed E-state index contributed by atoms with van der Waals surface area (Å²) in [5.74, 6) is -0.852. The molecule has 10 heteroatoms. The van der Waals surface area contributed by atoms with E-state index in [9.17, 15) is 18.0 Å². The number of anilines is 1. The summed E-state index contributed by atoms with van der Waals surface area (Å²) in [5, 5.41) is 3.03. The molecular formula is C21H23ClN2O6S. The zero-order chi connectivity index (χ0) is 22.3. The van der Waals surface area contributed by atoms with Gasteiger partial charge in [-0.2, -0.15) is 4.31 Å². The number of rotatable bonds is 8. The number of benzene rings is 2. The molecule has 1 aliphatic heterocycles. The van der Waals surface area contributed by atoms with Crippen molar-refractivity contribution in [3.05, 3.63) is 53.6 Å². The molecule has 0 spiro atoms. The third kappa shape index (κ3) is 6.68. The molecule has 1 aliphatic rings. The van der Waals surface area contributed by atoms with Gasteiger partial charge < -0.3 is 14.8 Å². The molecule has 8 nitrogen and oxygen atoms in total. The van der Waals surface area contributed by atoms with Crippen LogP contribution in [0.1, 0.15) is 19.3 Å². The highest BCUT2D eigenvalue weighted by atomic mass is 35.5. The van der Waals surface area contributed by atoms with Crippen LogP contribution in [0.4, 0.5) is 5.69 Å². The Hall–Kier alpha value is -2.62. The molecule has 31 heavy (non-hydrogen) atoms. The van der Waals surface area contributed by atoms with Crippen LogP contribution in [0, 0.1) is 0 Å². The molecule has 2 aromatic rings. The molecule has 0 aliphatic carbocycles. The topological polar surface area (TPSA) is 102 Å². The van der Waals surface area contributed by atoms with Gasteiger partial charge >= 0.3 is 5.97 Å². The van der Waals surface area contributed by atoms with E-state index in [1.165, 1.54) is 28.6 Å². The summed E-state index contributed by atoms with van der Waals surface area (Å²) in [6.45, 7) is 0.183. The van der Waals surface area contributed by atoms with Gasteiger partial charge in [0.15, 0.2) is 13.2 Å². The van der Waals surface area contributed by atoms with Gasteiger partial charge in [-0.3, -0.25) is 4.79 Å². The maximum absolute atomic E-state index is 12.6. The average Bonchev–Trinajstić information content (AvgIpc) is 2.77. The predicted molar refractivity (Wildman–Crippen MR) is 116 cm³/mol. The van der Waals surface area contributed by atoms with Gasteiger partial charge in [0.2, 0.25) is 10.0 Å². The second-order valence-electron chi connectivity index (χ2n) is 6.94. The Morgan fingerprint density at radius 3 is 2.39 bits per heavy atom. The molecule has 0 unspecified atom stereocenters. The monoisotopic (exact) mass is 466 g/mol. The molecule has 2 aromatic carbocycles. The first-order chi connectivity index (χ1) is 14.8. The number of nitrogens with zero attached hydrogens (tertiary/aromatic N) is 1. The highest BCUT2D eigenvalue weighted by molar-refractivity contribution is 7.89. The van der Waals surface area contributed by atoms with Crippen LogP contribution in [0.15, 0.2) is 53.4 Å². The molecule has 1 fully saturated rings. The summed E-state index contributed by atoms with van der Waals surface area (Å²) in [5.41, 5.74) is 0.397. The molecular weight excluding hydrogens is 444 g/mol. The lowest BCUT2D eigenvalue weighted by molar-refractivity contribution is -0.149. The van der Waals surface area contributed by atoms with Crippen LogP contribution in [0.25, 0.3) is 0 Å². The van der Waals surface area contributed by atoms with Crippen LogP contribution in [0.3, 0.4) is 0 Å². The Morgan fingerprint density at radius 1 is 1.00 bits per heavy atom. The van der Waals surface area contributed by atoms with Crippen molar-refractivity contribution in [3.63, 3.8) is 0 Å². The van der Waals surface area contributed by atoms with Gasteiger partial charge in [0.05, 0.1) is 4.90 Å². The van der Waals surface area contributed by atoms with Gasteiger partial charge in [0, 0.05) is 23.8 Å². The largest absolute Gasteiger partial charge is 0.482 e. The molecule has 1 amide bonds. The van der Waals surface area contributed by atoms with Crippen LogP contribution in [-0.2, 0) is 24.3 Å². The summed E-state index contributed by atoms with van der Waals surface area (Å²) in [7, 11) is -3.53. The van der Waals surface area contributed by atoms with E-state index >= 15 is 0 Å². The normalized spacial score (nSPS) is 14.6. The van der Waals surface area contributed by atoms with Gasteiger partial charge in [-0.1, -0.05) is 24.1 Å². The number of piperidine rings is 1. The van der Waals surface area contributed by atoms with E-state index in [4.69, 9.17) is 21.1 Å². The zero-order valence-corrected chi connectivity index (χ0v) is 18.3. The van der Waals surface area contributed by atoms with Crippen molar-refractivity contribution in [3.8, 4) is 5.75 Å². The summed E-state index contributed by atoms with van der Waals surface area (Å²) < 4.78 is 36.9. The first-order valence-corrected chi connectivity index (χ1v) is 11.6. The summed E-state index contributed by atoms with van der Waals surface area (Å²) in [6.07, 6.45) is 2.75. The van der Waals surface area contributed by atoms with E-state index in [2.05, 4.69) is 5.32 Å². The standard InChI is InChI=1S/C21H23ClN2O6S/c22-16-5-4-6-18(13-16)29-15-21(26)30-14-20(25)23-17-7-9-19(10-8-17)31(27,28)24-11-2-1-3-12-24/h4-10,13H,1-3,11-12,14-15H2,(H,23,25). The maximum atomic E-state index is 12.6. The fourth-order valence-corrected chi connectivity index (χ4v) is 4.75. The molecule has 0 saturated carbocycles. The third-order valence-electron chi connectivity index (χ3n) is 4.61. The van der Waals surface area contributed by atoms with E-state index in [0.29, 0.717) is 29.5 Å². The first-order valence-electron chi connectivity index (χ1n) is 9.79. The van der Waals surface area contributed by atoms with Gasteiger partial charge in [0.1, 0.15) is 5.75 Å². The van der Waals surface area contributed by atoms with Crippen LogP contribution in [-0.4, -0.2) is 50.9 Å². The lowest BCUT2D eigenvalue weighted by Gasteiger charge is -2.25. The Balaban J connectivity index is 1.45. The van der Waals surface area contributed by atoms with E-state index in [1.54, 1.807) is 24.3 Å². The average molecular weight is 467 g/mol. The van der Waals surface area contributed by atoms with Gasteiger partial charge in [-0.15, -0.1) is 0 Å². The second-order valence-corrected chi connectivity index (χ2v) is 9.32. The van der Waals surface area contributed by atoms with E-state index in [1.807, 2.05) is 0 Å². The summed E-state index contributed by atoms with van der Waals surface area (Å²) in [6, 6.07) is 12.4. The minimum absolute atomic E-state index is 0.178. The molecule has 0 atom stereocenters. The van der Waals surface area contributed by atoms with Crippen molar-refractivity contribution in [2.75, 3.05) is 31.6 Å². The van der Waals surface area contributed by atoms with Crippen molar-refractivity contribution in [1.29, 1.82) is 0 Å². The molecule has 0 aromatic heterocycles. The minimum Gasteiger partial charge on any atom is -0.482 e. The SMILES string of the molecule is O=C(COC(=O)COc1cccc(Cl)c1)Nc1ccc(S(=O)(=O)N2CCCCC2)cc1. The molecule has 3 rings (SSSR count). The number of hydrogen-bond acceptors (Lipinski definition) is 6. The molecule has 1 saturated heterocycles. The van der Waals surface area contributed by atoms with Crippen LogP contribution in [0.2, 0.25) is 5.02 Å². The second kappa shape index (κ2) is 10.6. The number of halogens is 1. The minimum atomic E-state index is -3.53. The van der Waals surface area contributed by atoms with E-state index in [-0.39, 0.29) is 11.5 Å². The number of nitrogens with one attached hydrogen (secondary N) is 1. The van der Waals surface area contributed by atoms with Gasteiger partial charge in [-0.25, -0.2) is 13.2 Å². The number of esters is 1. The zero-order valence-electron chi connectivity index (χ0n) is 16.8. The Kier molecular flexibility index (Phi) is 7.89. The van der Waals surface area contributed by atoms with Crippen molar-refractivity contribution >= 4 is 39.2 Å². The lowest BCUT2D eigenvalue weighted by atomic mass is 10.2. The fraction of sp³-hybridized carbons (Fsp3) is 0.333. The number of amides is 1. The molecule has 1 N–H and O–H groups in total. The van der Waals surface area contributed by atoms with Crippen LogP contribution < -0.4 is 10.1 Å². The van der Waals surface area contributed by atoms with Gasteiger partial charge in [-0.05, 0) is 55.3 Å². The highest BCUT2D eigenvalue weighted by Crippen LogP contribution is 2.22. The number of hydrogen-bond donors (Lipinski definition) is 1. The van der Waals surface area contributed by atoms with Crippen LogP contribution >= 0.6 is 11.6 Å². The number of carbonyl (C=O) groups excluding carboxylic acids is 2. The quantitative estimate of drug-likeness (QED) is 0.600. The Labute approximate surface area is 186 Å². The van der Waals surface area contributed by atoms with E-state index in [0.717, 1.165) is 19.3 Å². The maximum Gasteiger partial charge on any atom is 0.344 e. The van der Waals surface area contributed by atoms with Crippen molar-refractivity contribution in [2.45, 2.75) is 24.2 Å².